The minimum atomic E-state index is -2.43. The van der Waals surface area contributed by atoms with Gasteiger partial charge in [-0.25, -0.2) is 18.5 Å². The predicted octanol–water partition coefficient (Wildman–Crippen LogP) is 4.38. The van der Waals surface area contributed by atoms with Gasteiger partial charge in [0, 0.05) is 60.2 Å². The number of benzene rings is 1. The highest BCUT2D eigenvalue weighted by atomic mass is 19.1. The Hall–Kier alpha value is -4.74. The Balaban J connectivity index is 1.96. The quantitative estimate of drug-likeness (QED) is 0.312. The molecule has 236 valence electrons. The number of pyridine rings is 1. The van der Waals surface area contributed by atoms with Crippen LogP contribution in [0.3, 0.4) is 0 Å². The molecule has 44 heavy (non-hydrogen) atoms. The summed E-state index contributed by atoms with van der Waals surface area (Å²) < 4.78 is 44.4. The van der Waals surface area contributed by atoms with Crippen molar-refractivity contribution in [2.45, 2.75) is 58.2 Å². The van der Waals surface area contributed by atoms with Crippen molar-refractivity contribution in [3.63, 3.8) is 0 Å². The highest BCUT2D eigenvalue weighted by Gasteiger charge is 2.26. The third-order valence-corrected chi connectivity index (χ3v) is 6.21. The number of amides is 2. The number of fused-ring (bicyclic) bond motifs is 1. The first kappa shape index (κ1) is 30.7. The number of allylic oxidation sites excluding steroid dienone is 1. The van der Waals surface area contributed by atoms with Gasteiger partial charge in [0.2, 0.25) is 5.91 Å². The summed E-state index contributed by atoms with van der Waals surface area (Å²) in [6.45, 7) is 4.95. The van der Waals surface area contributed by atoms with Gasteiger partial charge in [0.1, 0.15) is 11.4 Å². The summed E-state index contributed by atoms with van der Waals surface area (Å²) in [5.74, 6) is -1.78. The Bertz CT molecular complexity index is 1720. The summed E-state index contributed by atoms with van der Waals surface area (Å²) in [4.78, 5) is 66.9. The molecule has 2 heterocycles. The third kappa shape index (κ3) is 8.88. The van der Waals surface area contributed by atoms with Crippen molar-refractivity contribution in [3.05, 3.63) is 82.2 Å². The molecule has 0 aliphatic rings. The first-order valence-corrected chi connectivity index (χ1v) is 13.8. The van der Waals surface area contributed by atoms with Crippen molar-refractivity contribution < 1.29 is 35.8 Å². The molecule has 0 saturated heterocycles. The second-order valence-electron chi connectivity index (χ2n) is 11.5. The van der Waals surface area contributed by atoms with E-state index in [4.69, 9.17) is 12.2 Å². The van der Waals surface area contributed by atoms with Crippen LogP contribution >= 0.6 is 0 Å². The summed E-state index contributed by atoms with van der Waals surface area (Å²) in [6.07, 6.45) is -3.19. The van der Waals surface area contributed by atoms with Gasteiger partial charge in [-0.1, -0.05) is 12.1 Å². The molecule has 0 spiro atoms. The van der Waals surface area contributed by atoms with Gasteiger partial charge < -0.3 is 23.8 Å². The number of rotatable bonds is 10. The van der Waals surface area contributed by atoms with E-state index in [-0.39, 0.29) is 12.1 Å². The molecule has 3 rings (SSSR count). The van der Waals surface area contributed by atoms with Crippen LogP contribution in [0.4, 0.5) is 14.0 Å². The number of Topliss-reactive ketones (excluding diaryl/α,β-unsaturated/α-hetero) is 1. The maximum Gasteiger partial charge on any atom is 0.419 e. The second kappa shape index (κ2) is 14.2. The van der Waals surface area contributed by atoms with Gasteiger partial charge in [-0.3, -0.25) is 14.4 Å². The molecule has 0 N–H and O–H groups in total. The lowest BCUT2D eigenvalue weighted by Gasteiger charge is -2.21. The van der Waals surface area contributed by atoms with Gasteiger partial charge in [0.15, 0.2) is 11.9 Å². The Labute approximate surface area is 258 Å². The fourth-order valence-electron chi connectivity index (χ4n) is 4.09. The predicted molar refractivity (Wildman–Crippen MR) is 163 cm³/mol. The van der Waals surface area contributed by atoms with Crippen LogP contribution in [0.2, 0.25) is 0 Å². The van der Waals surface area contributed by atoms with Gasteiger partial charge in [-0.05, 0) is 70.0 Å². The van der Waals surface area contributed by atoms with Crippen molar-refractivity contribution in [3.8, 4) is 0 Å². The number of nitrogens with zero attached hydrogens (tertiary/aromatic N) is 4. The van der Waals surface area contributed by atoms with E-state index in [9.17, 15) is 28.4 Å². The fraction of sp³-hybridized carbons (Fsp3) is 0.406. The molecule has 0 aliphatic carbocycles. The zero-order valence-corrected chi connectivity index (χ0v) is 25.9. The molecule has 0 aliphatic heterocycles. The largest absolute Gasteiger partial charge is 0.443 e. The van der Waals surface area contributed by atoms with E-state index in [2.05, 4.69) is 0 Å². The number of aromatic nitrogens is 2. The van der Waals surface area contributed by atoms with Crippen LogP contribution < -0.4 is 5.56 Å². The van der Waals surface area contributed by atoms with Gasteiger partial charge >= 0.3 is 12.2 Å². The van der Waals surface area contributed by atoms with E-state index >= 15 is 0 Å². The van der Waals surface area contributed by atoms with Crippen LogP contribution in [0.5, 0.6) is 0 Å². The highest BCUT2D eigenvalue weighted by Crippen LogP contribution is 2.24. The van der Waals surface area contributed by atoms with Crippen LogP contribution in [0.25, 0.3) is 10.9 Å². The molecular formula is C32H39FN4O7. The van der Waals surface area contributed by atoms with Crippen LogP contribution in [0, 0.1) is 5.82 Å². The molecule has 2 aromatic heterocycles. The Kier molecular flexibility index (Phi) is 9.88. The summed E-state index contributed by atoms with van der Waals surface area (Å²) in [6, 6.07) is 8.36. The van der Waals surface area contributed by atoms with Crippen LogP contribution in [0.15, 0.2) is 59.5 Å². The summed E-state index contributed by atoms with van der Waals surface area (Å²) in [5.41, 5.74) is -0.777. The number of hydrogen-bond acceptors (Lipinski definition) is 7. The fourth-order valence-corrected chi connectivity index (χ4v) is 4.09. The lowest BCUT2D eigenvalue weighted by molar-refractivity contribution is -0.127. The number of ketones is 1. The maximum absolute atomic E-state index is 14.0. The molecule has 12 heteroatoms. The van der Waals surface area contributed by atoms with Crippen LogP contribution in [0.1, 0.15) is 47.6 Å². The zero-order chi connectivity index (χ0) is 34.6. The first-order chi connectivity index (χ1) is 21.3. The SMILES string of the molecule is [2H]C([2H])(C/C=C/C(=O)N(C)C)C(OC(=O)N(C)C)C(=O)Cc1cccn(Cc2cc3cc(F)ccc3n2C(=O)OC(C)(C)C)c1=O. The number of hydrogen-bond donors (Lipinski definition) is 0. The number of carbonyl (C=O) groups excluding carboxylic acids is 4. The molecular weight excluding hydrogens is 571 g/mol. The first-order valence-electron chi connectivity index (χ1n) is 14.8. The maximum atomic E-state index is 14.0. The normalized spacial score (nSPS) is 13.3. The van der Waals surface area contributed by atoms with E-state index in [1.807, 2.05) is 0 Å². The van der Waals surface area contributed by atoms with Crippen molar-refractivity contribution in [1.82, 2.24) is 18.9 Å². The lowest BCUT2D eigenvalue weighted by atomic mass is 10.0. The number of halogens is 1. The molecule has 0 fully saturated rings. The summed E-state index contributed by atoms with van der Waals surface area (Å²) in [5, 5.41) is 0.411. The third-order valence-electron chi connectivity index (χ3n) is 6.21. The zero-order valence-electron chi connectivity index (χ0n) is 27.9. The Morgan fingerprint density at radius 2 is 1.77 bits per heavy atom. The van der Waals surface area contributed by atoms with Crippen molar-refractivity contribution >= 4 is 34.8 Å². The van der Waals surface area contributed by atoms with Crippen molar-refractivity contribution in [2.75, 3.05) is 28.2 Å². The molecule has 11 nitrogen and oxygen atoms in total. The average molecular weight is 613 g/mol. The lowest BCUT2D eigenvalue weighted by Crippen LogP contribution is -2.35. The number of ether oxygens (including phenoxy) is 2. The van der Waals surface area contributed by atoms with Gasteiger partial charge in [0.05, 0.1) is 12.1 Å². The monoisotopic (exact) mass is 612 g/mol. The smallest absolute Gasteiger partial charge is 0.419 e. The molecule has 1 atom stereocenters. The van der Waals surface area contributed by atoms with E-state index in [0.29, 0.717) is 16.6 Å². The van der Waals surface area contributed by atoms with E-state index in [0.717, 1.165) is 11.0 Å². The summed E-state index contributed by atoms with van der Waals surface area (Å²) >= 11 is 0. The Morgan fingerprint density at radius 1 is 1.07 bits per heavy atom. The molecule has 0 radical (unpaired) electrons. The number of carbonyl (C=O) groups is 4. The van der Waals surface area contributed by atoms with Crippen LogP contribution in [-0.4, -0.2) is 82.7 Å². The molecule has 1 unspecified atom stereocenters. The summed E-state index contributed by atoms with van der Waals surface area (Å²) in [7, 11) is 5.79. The van der Waals surface area contributed by atoms with Crippen LogP contribution in [-0.2, 0) is 32.0 Å². The van der Waals surface area contributed by atoms with Crippen molar-refractivity contribution in [1.29, 1.82) is 0 Å². The van der Waals surface area contributed by atoms with Crippen molar-refractivity contribution in [2.24, 2.45) is 0 Å². The molecule has 2 amide bonds. The molecule has 1 aromatic carbocycles. The minimum Gasteiger partial charge on any atom is -0.443 e. The minimum absolute atomic E-state index is 0.0153. The van der Waals surface area contributed by atoms with Gasteiger partial charge in [0.25, 0.3) is 5.56 Å². The van der Waals surface area contributed by atoms with E-state index in [1.165, 1.54) is 84.8 Å². The average Bonchev–Trinajstić information content (AvgIpc) is 3.29. The standard InChI is InChI=1S/C32H39FN4O7/c1-32(2,3)44-31(42)37-24(18-22-17-23(33)14-15-25(22)37)20-36-16-10-11-21(29(36)40)19-26(38)27(43-30(41)35(6)7)12-8-9-13-28(39)34(4)5/h9-11,13-18,27H,8,12,19-20H2,1-7H3/b13-9+/i12D2. The van der Waals surface area contributed by atoms with Gasteiger partial charge in [-0.2, -0.15) is 0 Å². The van der Waals surface area contributed by atoms with E-state index in [1.54, 1.807) is 26.8 Å². The van der Waals surface area contributed by atoms with E-state index < -0.39 is 66.2 Å². The molecule has 0 bridgehead atoms. The highest BCUT2D eigenvalue weighted by molar-refractivity contribution is 5.91. The number of likely N-dealkylation sites (N-methyl/N-ethyl adjacent to an activating group) is 1. The Morgan fingerprint density at radius 3 is 2.41 bits per heavy atom. The molecule has 3 aromatic rings. The van der Waals surface area contributed by atoms with Gasteiger partial charge in [-0.15, -0.1) is 0 Å². The second-order valence-corrected chi connectivity index (χ2v) is 11.5. The molecule has 0 saturated carbocycles. The topological polar surface area (TPSA) is 120 Å².